The number of H-pyrrole nitrogens is 1. The molecule has 1 fully saturated rings. The van der Waals surface area contributed by atoms with Crippen molar-refractivity contribution < 1.29 is 4.79 Å². The molecule has 1 aliphatic rings. The summed E-state index contributed by atoms with van der Waals surface area (Å²) in [5.41, 5.74) is 9.59. The van der Waals surface area contributed by atoms with Gasteiger partial charge in [0, 0.05) is 50.7 Å². The van der Waals surface area contributed by atoms with Crippen LogP contribution in [0.2, 0.25) is 0 Å². The molecule has 0 radical (unpaired) electrons. The Hall–Kier alpha value is -3.50. The standard InChI is InChI=1S/C22H29N9O/c1-3-17(23)21-20(15-31(28-21)12-11-30-9-7-29(2)8-10-30)27-22(32)19-6-4-5-18(26-19)16-13-24-25-14-16/h3-6,13-15H,7-12,23H2,1-2H3,(H,24,25)(H,27,32)/b17-3-. The molecule has 0 spiro atoms. The highest BCUT2D eigenvalue weighted by Crippen LogP contribution is 2.21. The molecule has 10 nitrogen and oxygen atoms in total. The predicted octanol–water partition coefficient (Wildman–Crippen LogP) is 1.49. The lowest BCUT2D eigenvalue weighted by Crippen LogP contribution is -2.45. The first kappa shape index (κ1) is 21.7. The van der Waals surface area contributed by atoms with Gasteiger partial charge in [-0.25, -0.2) is 4.98 Å². The summed E-state index contributed by atoms with van der Waals surface area (Å²) in [6.45, 7) is 7.70. The van der Waals surface area contributed by atoms with Gasteiger partial charge in [0.05, 0.1) is 29.8 Å². The molecule has 0 aliphatic carbocycles. The van der Waals surface area contributed by atoms with Crippen molar-refractivity contribution in [3.05, 3.63) is 54.3 Å². The molecule has 4 heterocycles. The van der Waals surface area contributed by atoms with E-state index in [1.165, 1.54) is 0 Å². The number of anilines is 1. The molecule has 168 valence electrons. The van der Waals surface area contributed by atoms with Gasteiger partial charge in [-0.05, 0) is 26.1 Å². The van der Waals surface area contributed by atoms with Crippen LogP contribution in [0.15, 0.2) is 42.9 Å². The van der Waals surface area contributed by atoms with Gasteiger partial charge in [-0.1, -0.05) is 12.1 Å². The van der Waals surface area contributed by atoms with E-state index in [9.17, 15) is 4.79 Å². The van der Waals surface area contributed by atoms with Gasteiger partial charge in [0.2, 0.25) is 0 Å². The van der Waals surface area contributed by atoms with Crippen molar-refractivity contribution in [2.45, 2.75) is 13.5 Å². The molecule has 10 heteroatoms. The van der Waals surface area contributed by atoms with Crippen LogP contribution in [0.5, 0.6) is 0 Å². The van der Waals surface area contributed by atoms with Gasteiger partial charge >= 0.3 is 0 Å². The summed E-state index contributed by atoms with van der Waals surface area (Å²) in [6.07, 6.45) is 7.01. The van der Waals surface area contributed by atoms with E-state index in [1.54, 1.807) is 30.6 Å². The lowest BCUT2D eigenvalue weighted by atomic mass is 10.2. The number of nitrogens with zero attached hydrogens (tertiary/aromatic N) is 6. The van der Waals surface area contributed by atoms with E-state index in [4.69, 9.17) is 5.73 Å². The van der Waals surface area contributed by atoms with Crippen LogP contribution in [0.3, 0.4) is 0 Å². The Kier molecular flexibility index (Phi) is 6.62. The summed E-state index contributed by atoms with van der Waals surface area (Å²) in [6, 6.07) is 5.31. The summed E-state index contributed by atoms with van der Waals surface area (Å²) in [7, 11) is 2.14. The van der Waals surface area contributed by atoms with Gasteiger partial charge in [-0.2, -0.15) is 10.2 Å². The summed E-state index contributed by atoms with van der Waals surface area (Å²) in [4.78, 5) is 22.2. The number of nitrogens with two attached hydrogens (primary N) is 1. The smallest absolute Gasteiger partial charge is 0.274 e. The lowest BCUT2D eigenvalue weighted by molar-refractivity contribution is 0.102. The van der Waals surface area contributed by atoms with Crippen LogP contribution in [-0.4, -0.2) is 80.4 Å². The third-order valence-corrected chi connectivity index (χ3v) is 5.61. The first-order chi connectivity index (χ1) is 15.5. The zero-order valence-electron chi connectivity index (χ0n) is 18.5. The number of nitrogens with one attached hydrogen (secondary N) is 2. The van der Waals surface area contributed by atoms with Gasteiger partial charge in [0.25, 0.3) is 5.91 Å². The summed E-state index contributed by atoms with van der Waals surface area (Å²) in [5, 5.41) is 14.2. The first-order valence-corrected chi connectivity index (χ1v) is 10.7. The second-order valence-electron chi connectivity index (χ2n) is 7.89. The molecule has 0 atom stereocenters. The molecule has 0 unspecified atom stereocenters. The molecule has 32 heavy (non-hydrogen) atoms. The van der Waals surface area contributed by atoms with Crippen molar-refractivity contribution >= 4 is 17.3 Å². The van der Waals surface area contributed by atoms with E-state index in [0.717, 1.165) is 44.8 Å². The van der Waals surface area contributed by atoms with Crippen molar-refractivity contribution in [2.24, 2.45) is 5.73 Å². The average molecular weight is 436 g/mol. The van der Waals surface area contributed by atoms with Crippen LogP contribution >= 0.6 is 0 Å². The number of pyridine rings is 1. The van der Waals surface area contributed by atoms with E-state index in [-0.39, 0.29) is 5.91 Å². The second-order valence-corrected chi connectivity index (χ2v) is 7.89. The third kappa shape index (κ3) is 5.04. The van der Waals surface area contributed by atoms with Gasteiger partial charge in [-0.15, -0.1) is 0 Å². The van der Waals surface area contributed by atoms with Crippen molar-refractivity contribution in [3.8, 4) is 11.3 Å². The Morgan fingerprint density at radius 2 is 2.06 bits per heavy atom. The van der Waals surface area contributed by atoms with E-state index >= 15 is 0 Å². The van der Waals surface area contributed by atoms with Crippen molar-refractivity contribution in [2.75, 3.05) is 45.1 Å². The molecule has 1 saturated heterocycles. The number of aromatic nitrogens is 5. The van der Waals surface area contributed by atoms with Crippen LogP contribution < -0.4 is 11.1 Å². The van der Waals surface area contributed by atoms with E-state index in [2.05, 4.69) is 42.4 Å². The molecule has 3 aromatic heterocycles. The van der Waals surface area contributed by atoms with Crippen LogP contribution in [0.4, 0.5) is 5.69 Å². The van der Waals surface area contributed by atoms with Gasteiger partial charge in [0.15, 0.2) is 0 Å². The molecule has 1 aliphatic heterocycles. The Labute approximate surface area is 187 Å². The monoisotopic (exact) mass is 435 g/mol. The highest BCUT2D eigenvalue weighted by molar-refractivity contribution is 6.04. The highest BCUT2D eigenvalue weighted by atomic mass is 16.1. The number of likely N-dealkylation sites (N-methyl/N-ethyl adjacent to an activating group) is 1. The third-order valence-electron chi connectivity index (χ3n) is 5.61. The summed E-state index contributed by atoms with van der Waals surface area (Å²) >= 11 is 0. The zero-order valence-corrected chi connectivity index (χ0v) is 18.5. The average Bonchev–Trinajstić information content (AvgIpc) is 3.49. The Morgan fingerprint density at radius 3 is 2.78 bits per heavy atom. The summed E-state index contributed by atoms with van der Waals surface area (Å²) < 4.78 is 1.84. The predicted molar refractivity (Wildman–Crippen MR) is 124 cm³/mol. The van der Waals surface area contributed by atoms with Gasteiger partial charge < -0.3 is 16.0 Å². The number of allylic oxidation sites excluding steroid dienone is 1. The SMILES string of the molecule is C/C=C(\N)c1nn(CCN2CCN(C)CC2)cc1NC(=O)c1cccc(-c2cn[nH]c2)n1. The number of carbonyl (C=O) groups excluding carboxylic acids is 1. The van der Waals surface area contributed by atoms with Crippen molar-refractivity contribution in [3.63, 3.8) is 0 Å². The quantitative estimate of drug-likeness (QED) is 0.514. The molecule has 0 saturated carbocycles. The Balaban J connectivity index is 1.48. The topological polar surface area (TPSA) is 121 Å². The highest BCUT2D eigenvalue weighted by Gasteiger charge is 2.18. The van der Waals surface area contributed by atoms with Gasteiger partial charge in [0.1, 0.15) is 11.4 Å². The number of hydrogen-bond donors (Lipinski definition) is 3. The molecule has 1 amide bonds. The number of rotatable bonds is 7. The Morgan fingerprint density at radius 1 is 1.25 bits per heavy atom. The van der Waals surface area contributed by atoms with Gasteiger partial charge in [-0.3, -0.25) is 19.5 Å². The van der Waals surface area contributed by atoms with Crippen LogP contribution in [-0.2, 0) is 6.54 Å². The molecular weight excluding hydrogens is 406 g/mol. The number of hydrogen-bond acceptors (Lipinski definition) is 7. The molecular formula is C22H29N9O. The fourth-order valence-corrected chi connectivity index (χ4v) is 3.59. The normalized spacial score (nSPS) is 15.8. The number of piperazine rings is 1. The molecule has 3 aromatic rings. The minimum absolute atomic E-state index is 0.305. The fourth-order valence-electron chi connectivity index (χ4n) is 3.59. The number of carbonyl (C=O) groups is 1. The first-order valence-electron chi connectivity index (χ1n) is 10.7. The van der Waals surface area contributed by atoms with Crippen molar-refractivity contribution in [1.82, 2.24) is 34.8 Å². The zero-order chi connectivity index (χ0) is 22.5. The molecule has 4 rings (SSSR count). The molecule has 0 bridgehead atoms. The number of amides is 1. The fraction of sp³-hybridized carbons (Fsp3) is 0.364. The maximum Gasteiger partial charge on any atom is 0.274 e. The number of aromatic amines is 1. The second kappa shape index (κ2) is 9.75. The largest absolute Gasteiger partial charge is 0.397 e. The van der Waals surface area contributed by atoms with E-state index in [1.807, 2.05) is 23.9 Å². The lowest BCUT2D eigenvalue weighted by Gasteiger charge is -2.32. The van der Waals surface area contributed by atoms with E-state index < -0.39 is 0 Å². The minimum atomic E-state index is -0.320. The maximum atomic E-state index is 12.9. The molecule has 0 aromatic carbocycles. The van der Waals surface area contributed by atoms with Crippen LogP contribution in [0.1, 0.15) is 23.1 Å². The van der Waals surface area contributed by atoms with E-state index in [0.29, 0.717) is 28.5 Å². The van der Waals surface area contributed by atoms with Crippen molar-refractivity contribution in [1.29, 1.82) is 0 Å². The maximum absolute atomic E-state index is 12.9. The van der Waals surface area contributed by atoms with Crippen LogP contribution in [0.25, 0.3) is 17.0 Å². The molecule has 4 N–H and O–H groups in total. The van der Waals surface area contributed by atoms with Crippen LogP contribution in [0, 0.1) is 0 Å². The Bertz CT molecular complexity index is 1080. The minimum Gasteiger partial charge on any atom is -0.397 e. The summed E-state index contributed by atoms with van der Waals surface area (Å²) in [5.74, 6) is -0.320.